The minimum absolute atomic E-state index is 0.0340. The summed E-state index contributed by atoms with van der Waals surface area (Å²) >= 11 is 7.46. The van der Waals surface area contributed by atoms with Crippen LogP contribution in [0.5, 0.6) is 5.75 Å². The van der Waals surface area contributed by atoms with E-state index in [-0.39, 0.29) is 12.5 Å². The van der Waals surface area contributed by atoms with Crippen LogP contribution in [0.4, 0.5) is 0 Å². The van der Waals surface area contributed by atoms with Crippen molar-refractivity contribution < 1.29 is 13.9 Å². The van der Waals surface area contributed by atoms with Gasteiger partial charge in [-0.25, -0.2) is 0 Å². The van der Waals surface area contributed by atoms with Gasteiger partial charge in [0.1, 0.15) is 11.5 Å². The van der Waals surface area contributed by atoms with Crippen LogP contribution in [0.2, 0.25) is 5.02 Å². The molecule has 0 saturated heterocycles. The van der Waals surface area contributed by atoms with E-state index in [0.717, 1.165) is 10.6 Å². The molecule has 0 aliphatic carbocycles. The number of benzene rings is 1. The van der Waals surface area contributed by atoms with E-state index in [2.05, 4.69) is 0 Å². The van der Waals surface area contributed by atoms with Crippen molar-refractivity contribution in [1.29, 1.82) is 0 Å². The van der Waals surface area contributed by atoms with Crippen molar-refractivity contribution in [3.05, 3.63) is 75.8 Å². The Labute approximate surface area is 149 Å². The predicted molar refractivity (Wildman–Crippen MR) is 94.2 cm³/mol. The normalized spacial score (nSPS) is 10.5. The summed E-state index contributed by atoms with van der Waals surface area (Å²) in [5.41, 5.74) is 0. The third-order valence-electron chi connectivity index (χ3n) is 3.38. The molecule has 0 aliphatic rings. The molecule has 0 unspecified atom stereocenters. The van der Waals surface area contributed by atoms with Gasteiger partial charge >= 0.3 is 0 Å². The highest BCUT2D eigenvalue weighted by atomic mass is 35.5. The molecule has 0 atom stereocenters. The van der Waals surface area contributed by atoms with Crippen LogP contribution in [-0.2, 0) is 17.9 Å². The molecule has 1 amide bonds. The van der Waals surface area contributed by atoms with E-state index >= 15 is 0 Å². The molecule has 0 N–H and O–H groups in total. The van der Waals surface area contributed by atoms with Gasteiger partial charge in [-0.15, -0.1) is 11.3 Å². The van der Waals surface area contributed by atoms with E-state index in [0.29, 0.717) is 23.9 Å². The van der Waals surface area contributed by atoms with Gasteiger partial charge in [0.25, 0.3) is 5.91 Å². The van der Waals surface area contributed by atoms with Gasteiger partial charge < -0.3 is 14.1 Å². The number of carbonyl (C=O) groups excluding carboxylic acids is 1. The maximum atomic E-state index is 12.6. The zero-order chi connectivity index (χ0) is 16.8. The Morgan fingerprint density at radius 2 is 1.96 bits per heavy atom. The van der Waals surface area contributed by atoms with Crippen molar-refractivity contribution in [3.8, 4) is 5.75 Å². The average molecular weight is 362 g/mol. The Morgan fingerprint density at radius 1 is 1.12 bits per heavy atom. The number of hydrogen-bond acceptors (Lipinski definition) is 4. The number of furan rings is 1. The van der Waals surface area contributed by atoms with Gasteiger partial charge in [0, 0.05) is 9.90 Å². The summed E-state index contributed by atoms with van der Waals surface area (Å²) in [5.74, 6) is 1.25. The van der Waals surface area contributed by atoms with E-state index in [1.54, 1.807) is 46.8 Å². The summed E-state index contributed by atoms with van der Waals surface area (Å²) in [7, 11) is 0. The lowest BCUT2D eigenvalue weighted by atomic mass is 10.3. The third-order valence-corrected chi connectivity index (χ3v) is 4.50. The molecule has 2 heterocycles. The van der Waals surface area contributed by atoms with E-state index in [4.69, 9.17) is 20.8 Å². The van der Waals surface area contributed by atoms with Crippen molar-refractivity contribution in [2.24, 2.45) is 0 Å². The van der Waals surface area contributed by atoms with Gasteiger partial charge in [-0.3, -0.25) is 4.79 Å². The van der Waals surface area contributed by atoms with Crippen LogP contribution in [0.1, 0.15) is 10.6 Å². The second-order valence-electron chi connectivity index (χ2n) is 5.15. The van der Waals surface area contributed by atoms with Crippen molar-refractivity contribution in [2.45, 2.75) is 13.1 Å². The number of ether oxygens (including phenoxy) is 1. The molecule has 6 heteroatoms. The van der Waals surface area contributed by atoms with E-state index in [1.165, 1.54) is 0 Å². The summed E-state index contributed by atoms with van der Waals surface area (Å²) in [4.78, 5) is 15.4. The van der Waals surface area contributed by atoms with Gasteiger partial charge in [0.05, 0.1) is 19.4 Å². The minimum Gasteiger partial charge on any atom is -0.484 e. The summed E-state index contributed by atoms with van der Waals surface area (Å²) < 4.78 is 10.9. The van der Waals surface area contributed by atoms with Gasteiger partial charge in [-0.1, -0.05) is 17.7 Å². The molecule has 0 radical (unpaired) electrons. The maximum absolute atomic E-state index is 12.6. The van der Waals surface area contributed by atoms with Crippen LogP contribution >= 0.6 is 22.9 Å². The van der Waals surface area contributed by atoms with Crippen LogP contribution < -0.4 is 4.74 Å². The SMILES string of the molecule is O=C(COc1ccc(Cl)cc1)N(Cc1ccco1)Cc1cccs1. The molecular weight excluding hydrogens is 346 g/mol. The van der Waals surface area contributed by atoms with Crippen molar-refractivity contribution in [2.75, 3.05) is 6.61 Å². The zero-order valence-corrected chi connectivity index (χ0v) is 14.4. The first-order valence-corrected chi connectivity index (χ1v) is 8.67. The molecule has 0 saturated carbocycles. The Balaban J connectivity index is 1.64. The van der Waals surface area contributed by atoms with Crippen molar-refractivity contribution in [3.63, 3.8) is 0 Å². The first kappa shape index (κ1) is 16.6. The minimum atomic E-state index is -0.102. The van der Waals surface area contributed by atoms with E-state index in [9.17, 15) is 4.79 Å². The van der Waals surface area contributed by atoms with E-state index < -0.39 is 0 Å². The lowest BCUT2D eigenvalue weighted by Crippen LogP contribution is -2.33. The highest BCUT2D eigenvalue weighted by Crippen LogP contribution is 2.17. The van der Waals surface area contributed by atoms with Crippen LogP contribution in [0, 0.1) is 0 Å². The molecule has 0 aliphatic heterocycles. The van der Waals surface area contributed by atoms with Gasteiger partial charge in [-0.2, -0.15) is 0 Å². The smallest absolute Gasteiger partial charge is 0.261 e. The second-order valence-corrected chi connectivity index (χ2v) is 6.62. The molecule has 2 aromatic heterocycles. The number of rotatable bonds is 7. The van der Waals surface area contributed by atoms with Crippen molar-refractivity contribution in [1.82, 2.24) is 4.90 Å². The molecule has 3 rings (SSSR count). The van der Waals surface area contributed by atoms with Crippen LogP contribution in [0.3, 0.4) is 0 Å². The molecule has 24 heavy (non-hydrogen) atoms. The van der Waals surface area contributed by atoms with Crippen molar-refractivity contribution >= 4 is 28.8 Å². The van der Waals surface area contributed by atoms with Gasteiger partial charge in [-0.05, 0) is 47.8 Å². The summed E-state index contributed by atoms with van der Waals surface area (Å²) in [6, 6.07) is 14.6. The number of carbonyl (C=O) groups is 1. The lowest BCUT2D eigenvalue weighted by molar-refractivity contribution is -0.134. The number of nitrogens with zero attached hydrogens (tertiary/aromatic N) is 1. The molecular formula is C18H16ClNO3S. The number of thiophene rings is 1. The topological polar surface area (TPSA) is 42.7 Å². The Morgan fingerprint density at radius 3 is 2.62 bits per heavy atom. The number of hydrogen-bond donors (Lipinski definition) is 0. The van der Waals surface area contributed by atoms with Gasteiger partial charge in [0.2, 0.25) is 0 Å². The van der Waals surface area contributed by atoms with Crippen LogP contribution in [0.15, 0.2) is 64.6 Å². The Bertz CT molecular complexity index is 718. The molecule has 0 fully saturated rings. The van der Waals surface area contributed by atoms with Crippen LogP contribution in [-0.4, -0.2) is 17.4 Å². The highest BCUT2D eigenvalue weighted by Gasteiger charge is 2.17. The standard InChI is InChI=1S/C18H16ClNO3S/c19-14-5-7-15(8-6-14)23-13-18(21)20(11-16-3-1-9-22-16)12-17-4-2-10-24-17/h1-10H,11-13H2. The Hall–Kier alpha value is -2.24. The summed E-state index contributed by atoms with van der Waals surface area (Å²) in [6.45, 7) is 0.905. The predicted octanol–water partition coefficient (Wildman–Crippen LogP) is 4.60. The zero-order valence-electron chi connectivity index (χ0n) is 12.9. The molecule has 0 bridgehead atoms. The molecule has 4 nitrogen and oxygen atoms in total. The fourth-order valence-electron chi connectivity index (χ4n) is 2.18. The molecule has 1 aromatic carbocycles. The average Bonchev–Trinajstić information content (AvgIpc) is 3.27. The fourth-order valence-corrected chi connectivity index (χ4v) is 3.03. The van der Waals surface area contributed by atoms with Gasteiger partial charge in [0.15, 0.2) is 6.61 Å². The first-order chi connectivity index (χ1) is 11.7. The maximum Gasteiger partial charge on any atom is 0.261 e. The molecule has 3 aromatic rings. The first-order valence-electron chi connectivity index (χ1n) is 7.41. The van der Waals surface area contributed by atoms with Crippen LogP contribution in [0.25, 0.3) is 0 Å². The quantitative estimate of drug-likeness (QED) is 0.617. The van der Waals surface area contributed by atoms with E-state index in [1.807, 2.05) is 29.6 Å². The Kier molecular flexibility index (Phi) is 5.56. The lowest BCUT2D eigenvalue weighted by Gasteiger charge is -2.21. The third kappa shape index (κ3) is 4.63. The largest absolute Gasteiger partial charge is 0.484 e. The molecule has 124 valence electrons. The monoisotopic (exact) mass is 361 g/mol. The summed E-state index contributed by atoms with van der Waals surface area (Å²) in [5, 5.41) is 2.63. The number of amides is 1. The molecule has 0 spiro atoms. The fraction of sp³-hybridized carbons (Fsp3) is 0.167. The second kappa shape index (κ2) is 8.04. The highest BCUT2D eigenvalue weighted by molar-refractivity contribution is 7.09. The number of halogens is 1. The summed E-state index contributed by atoms with van der Waals surface area (Å²) in [6.07, 6.45) is 1.60.